The van der Waals surface area contributed by atoms with E-state index in [2.05, 4.69) is 10.2 Å². The van der Waals surface area contributed by atoms with E-state index in [1.807, 2.05) is 0 Å². The van der Waals surface area contributed by atoms with Gasteiger partial charge in [-0.15, -0.1) is 0 Å². The van der Waals surface area contributed by atoms with Crippen molar-refractivity contribution in [3.63, 3.8) is 0 Å². The minimum absolute atomic E-state index is 0.0948. The molecule has 7 heteroatoms. The summed E-state index contributed by atoms with van der Waals surface area (Å²) in [4.78, 5) is 28.5. The average Bonchev–Trinajstić information content (AvgIpc) is 2.91. The maximum Gasteiger partial charge on any atom is 0.226 e. The van der Waals surface area contributed by atoms with Crippen molar-refractivity contribution in [3.8, 4) is 0 Å². The molecule has 6 nitrogen and oxygen atoms in total. The van der Waals surface area contributed by atoms with Crippen molar-refractivity contribution in [2.75, 3.05) is 46.4 Å². The molecule has 0 radical (unpaired) electrons. The molecule has 2 aliphatic rings. The first-order chi connectivity index (χ1) is 12.1. The van der Waals surface area contributed by atoms with Gasteiger partial charge in [-0.3, -0.25) is 14.5 Å². The molecular formula is C18H24FN3O3. The highest BCUT2D eigenvalue weighted by atomic mass is 19.1. The molecule has 136 valence electrons. The van der Waals surface area contributed by atoms with Gasteiger partial charge in [-0.2, -0.15) is 0 Å². The highest BCUT2D eigenvalue weighted by Gasteiger charge is 2.42. The lowest BCUT2D eigenvalue weighted by Crippen LogP contribution is -2.43. The number of hydrogen-bond acceptors (Lipinski definition) is 4. The van der Waals surface area contributed by atoms with Gasteiger partial charge >= 0.3 is 0 Å². The lowest BCUT2D eigenvalue weighted by atomic mass is 9.93. The van der Waals surface area contributed by atoms with Gasteiger partial charge in [0.2, 0.25) is 11.8 Å². The first-order valence-electron chi connectivity index (χ1n) is 8.65. The van der Waals surface area contributed by atoms with Crippen molar-refractivity contribution in [3.05, 3.63) is 35.6 Å². The number of nitrogens with one attached hydrogen (secondary N) is 1. The molecule has 1 N–H and O–H groups in total. The van der Waals surface area contributed by atoms with Gasteiger partial charge in [0.25, 0.3) is 0 Å². The highest BCUT2D eigenvalue weighted by molar-refractivity contribution is 5.90. The van der Waals surface area contributed by atoms with Crippen LogP contribution in [-0.4, -0.2) is 68.1 Å². The number of rotatable bonds is 5. The van der Waals surface area contributed by atoms with Gasteiger partial charge in [-0.25, -0.2) is 4.39 Å². The quantitative estimate of drug-likeness (QED) is 0.854. The summed E-state index contributed by atoms with van der Waals surface area (Å²) in [6.45, 7) is 4.47. The molecule has 2 aliphatic heterocycles. The molecule has 2 atom stereocenters. The number of amides is 2. The van der Waals surface area contributed by atoms with Gasteiger partial charge in [0.1, 0.15) is 5.82 Å². The number of carbonyl (C=O) groups is 2. The van der Waals surface area contributed by atoms with Crippen molar-refractivity contribution in [1.29, 1.82) is 0 Å². The Balaban J connectivity index is 1.62. The highest BCUT2D eigenvalue weighted by Crippen LogP contribution is 2.37. The maximum atomic E-state index is 13.6. The lowest BCUT2D eigenvalue weighted by Gasteiger charge is -2.27. The zero-order valence-corrected chi connectivity index (χ0v) is 14.4. The van der Waals surface area contributed by atoms with Crippen LogP contribution in [0.5, 0.6) is 0 Å². The minimum atomic E-state index is -0.496. The van der Waals surface area contributed by atoms with Crippen molar-refractivity contribution in [2.45, 2.75) is 12.5 Å². The number of benzene rings is 1. The number of nitrogens with zero attached hydrogens (tertiary/aromatic N) is 2. The van der Waals surface area contributed by atoms with Crippen LogP contribution in [0.4, 0.5) is 4.39 Å². The van der Waals surface area contributed by atoms with Crippen LogP contribution in [0.15, 0.2) is 24.3 Å². The van der Waals surface area contributed by atoms with Crippen LogP contribution in [0.2, 0.25) is 0 Å². The molecule has 1 aromatic rings. The summed E-state index contributed by atoms with van der Waals surface area (Å²) in [7, 11) is 1.67. The van der Waals surface area contributed by atoms with Crippen LogP contribution in [0, 0.1) is 11.7 Å². The number of carbonyl (C=O) groups excluding carboxylic acids is 2. The van der Waals surface area contributed by atoms with E-state index in [1.54, 1.807) is 24.1 Å². The van der Waals surface area contributed by atoms with Crippen LogP contribution in [0.1, 0.15) is 18.0 Å². The van der Waals surface area contributed by atoms with E-state index < -0.39 is 12.0 Å². The Hall–Kier alpha value is -1.99. The van der Waals surface area contributed by atoms with Crippen LogP contribution in [0.25, 0.3) is 0 Å². The van der Waals surface area contributed by atoms with Gasteiger partial charge in [0, 0.05) is 39.6 Å². The Bertz CT molecular complexity index is 634. The van der Waals surface area contributed by atoms with Crippen molar-refractivity contribution >= 4 is 11.8 Å². The Morgan fingerprint density at radius 2 is 2.12 bits per heavy atom. The first-order valence-corrected chi connectivity index (χ1v) is 8.65. The molecule has 0 saturated carbocycles. The molecule has 2 heterocycles. The average molecular weight is 349 g/mol. The fraction of sp³-hybridized carbons (Fsp3) is 0.556. The van der Waals surface area contributed by atoms with E-state index in [9.17, 15) is 14.0 Å². The molecule has 0 aromatic heterocycles. The molecule has 0 aliphatic carbocycles. The molecule has 2 fully saturated rings. The van der Waals surface area contributed by atoms with Gasteiger partial charge in [-0.1, -0.05) is 12.1 Å². The van der Waals surface area contributed by atoms with E-state index >= 15 is 0 Å². The zero-order chi connectivity index (χ0) is 17.8. The maximum absolute atomic E-state index is 13.6. The molecule has 0 bridgehead atoms. The molecule has 25 heavy (non-hydrogen) atoms. The van der Waals surface area contributed by atoms with E-state index in [4.69, 9.17) is 4.74 Å². The number of likely N-dealkylation sites (tertiary alicyclic amines) is 1. The lowest BCUT2D eigenvalue weighted by molar-refractivity contribution is -0.128. The summed E-state index contributed by atoms with van der Waals surface area (Å²) >= 11 is 0. The van der Waals surface area contributed by atoms with Crippen molar-refractivity contribution in [2.24, 2.45) is 5.92 Å². The van der Waals surface area contributed by atoms with Crippen LogP contribution < -0.4 is 5.32 Å². The van der Waals surface area contributed by atoms with Gasteiger partial charge in [-0.05, 0) is 17.7 Å². The second-order valence-corrected chi connectivity index (χ2v) is 6.56. The van der Waals surface area contributed by atoms with Crippen LogP contribution in [-0.2, 0) is 14.3 Å². The van der Waals surface area contributed by atoms with Gasteiger partial charge < -0.3 is 15.0 Å². The van der Waals surface area contributed by atoms with E-state index in [1.165, 1.54) is 12.1 Å². The van der Waals surface area contributed by atoms with Crippen molar-refractivity contribution < 1.29 is 18.7 Å². The third kappa shape index (κ3) is 4.16. The fourth-order valence-electron chi connectivity index (χ4n) is 3.54. The first kappa shape index (κ1) is 17.8. The Morgan fingerprint density at radius 3 is 2.84 bits per heavy atom. The van der Waals surface area contributed by atoms with E-state index in [0.717, 1.165) is 32.8 Å². The van der Waals surface area contributed by atoms with Gasteiger partial charge in [0.05, 0.1) is 25.2 Å². The number of ether oxygens (including phenoxy) is 1. The smallest absolute Gasteiger partial charge is 0.226 e. The van der Waals surface area contributed by atoms with E-state index in [-0.39, 0.29) is 24.1 Å². The molecule has 3 rings (SSSR count). The normalized spacial score (nSPS) is 24.6. The topological polar surface area (TPSA) is 61.9 Å². The van der Waals surface area contributed by atoms with E-state index in [0.29, 0.717) is 12.1 Å². The standard InChI is InChI=1S/C18H24FN3O3/c1-21-16(23)12-15(17(21)13-3-2-4-14(19)11-13)18(24)20-5-6-22-7-9-25-10-8-22/h2-4,11,15,17H,5-10,12H2,1H3,(H,20,24)/t15-,17-/m1/s1. The third-order valence-electron chi connectivity index (χ3n) is 4.94. The number of morpholine rings is 1. The Labute approximate surface area is 146 Å². The summed E-state index contributed by atoms with van der Waals surface area (Å²) < 4.78 is 18.9. The molecule has 0 spiro atoms. The van der Waals surface area contributed by atoms with Crippen molar-refractivity contribution in [1.82, 2.24) is 15.1 Å². The second-order valence-electron chi connectivity index (χ2n) is 6.56. The Kier molecular flexibility index (Phi) is 5.65. The number of halogens is 1. The molecular weight excluding hydrogens is 325 g/mol. The summed E-state index contributed by atoms with van der Waals surface area (Å²) in [6.07, 6.45) is 0.154. The second kappa shape index (κ2) is 7.93. The Morgan fingerprint density at radius 1 is 1.36 bits per heavy atom. The predicted octanol–water partition coefficient (Wildman–Crippen LogP) is 0.794. The fourth-order valence-corrected chi connectivity index (χ4v) is 3.54. The minimum Gasteiger partial charge on any atom is -0.379 e. The SMILES string of the molecule is CN1C(=O)C[C@@H](C(=O)NCCN2CCOCC2)[C@H]1c1cccc(F)c1. The third-order valence-corrected chi connectivity index (χ3v) is 4.94. The predicted molar refractivity (Wildman–Crippen MR) is 90.3 cm³/mol. The largest absolute Gasteiger partial charge is 0.379 e. The summed E-state index contributed by atoms with van der Waals surface area (Å²) in [6, 6.07) is 5.70. The number of hydrogen-bond donors (Lipinski definition) is 1. The molecule has 0 unspecified atom stereocenters. The molecule has 2 amide bonds. The zero-order valence-electron chi connectivity index (χ0n) is 14.4. The summed E-state index contributed by atoms with van der Waals surface area (Å²) in [5.74, 6) is -1.11. The van der Waals surface area contributed by atoms with Gasteiger partial charge in [0.15, 0.2) is 0 Å². The monoisotopic (exact) mass is 349 g/mol. The molecule has 2 saturated heterocycles. The molecule has 1 aromatic carbocycles. The summed E-state index contributed by atoms with van der Waals surface area (Å²) in [5, 5.41) is 2.93. The van der Waals surface area contributed by atoms with Crippen LogP contribution in [0.3, 0.4) is 0 Å². The summed E-state index contributed by atoms with van der Waals surface area (Å²) in [5.41, 5.74) is 0.654. The van der Waals surface area contributed by atoms with Crippen LogP contribution >= 0.6 is 0 Å².